The Balaban J connectivity index is 1.96. The molecule has 0 bridgehead atoms. The number of aryl methyl sites for hydroxylation is 1. The Kier molecular flexibility index (Phi) is 5.32. The molecule has 0 saturated carbocycles. The molecule has 0 spiro atoms. The number of nitrogens with one attached hydrogen (secondary N) is 1. The lowest BCUT2D eigenvalue weighted by molar-refractivity contribution is -0.132. The highest BCUT2D eigenvalue weighted by molar-refractivity contribution is 7.92. The van der Waals surface area contributed by atoms with Crippen LogP contribution in [0.2, 0.25) is 0 Å². The zero-order valence-corrected chi connectivity index (χ0v) is 16.5. The van der Waals surface area contributed by atoms with Crippen LogP contribution in [0.4, 0.5) is 5.69 Å². The van der Waals surface area contributed by atoms with E-state index in [4.69, 9.17) is 0 Å². The summed E-state index contributed by atoms with van der Waals surface area (Å²) in [5.74, 6) is -0.0383. The maximum atomic E-state index is 12.5. The number of carbonyl (C=O) groups is 1. The number of hydrogen-bond donors (Lipinski definition) is 1. The molecule has 142 valence electrons. The summed E-state index contributed by atoms with van der Waals surface area (Å²) in [6.07, 6.45) is 2.07. The van der Waals surface area contributed by atoms with Crippen molar-refractivity contribution in [3.8, 4) is 0 Å². The molecule has 27 heavy (non-hydrogen) atoms. The first-order valence-corrected chi connectivity index (χ1v) is 10.7. The fraction of sp³-hybridized carbons (Fsp3) is 0.300. The van der Waals surface area contributed by atoms with E-state index in [2.05, 4.69) is 9.82 Å². The second-order valence-corrected chi connectivity index (χ2v) is 8.42. The summed E-state index contributed by atoms with van der Waals surface area (Å²) < 4.78 is 25.5. The van der Waals surface area contributed by atoms with Gasteiger partial charge < -0.3 is 0 Å². The van der Waals surface area contributed by atoms with E-state index in [-0.39, 0.29) is 11.9 Å². The number of sulfonamides is 1. The molecule has 1 unspecified atom stereocenters. The predicted octanol–water partition coefficient (Wildman–Crippen LogP) is 3.45. The van der Waals surface area contributed by atoms with Gasteiger partial charge in [-0.15, -0.1) is 0 Å². The van der Waals surface area contributed by atoms with Gasteiger partial charge in [0.15, 0.2) is 0 Å². The van der Waals surface area contributed by atoms with Crippen LogP contribution in [-0.4, -0.2) is 31.3 Å². The normalized spacial score (nSPS) is 16.9. The zero-order valence-electron chi connectivity index (χ0n) is 15.6. The Bertz CT molecular complexity index is 999. The van der Waals surface area contributed by atoms with Crippen LogP contribution in [0.3, 0.4) is 0 Å². The Morgan fingerprint density at radius 3 is 2.63 bits per heavy atom. The van der Waals surface area contributed by atoms with Gasteiger partial charge in [-0.2, -0.15) is 5.10 Å². The number of amides is 1. The van der Waals surface area contributed by atoms with E-state index in [1.54, 1.807) is 23.2 Å². The Hall–Kier alpha value is -2.67. The molecule has 0 radical (unpaired) electrons. The fourth-order valence-corrected chi connectivity index (χ4v) is 3.81. The molecule has 2 aromatic carbocycles. The van der Waals surface area contributed by atoms with Gasteiger partial charge in [0.05, 0.1) is 18.0 Å². The molecule has 0 aliphatic carbocycles. The van der Waals surface area contributed by atoms with Crippen LogP contribution in [0.15, 0.2) is 53.6 Å². The summed E-state index contributed by atoms with van der Waals surface area (Å²) in [5.41, 5.74) is 4.23. The average molecular weight is 385 g/mol. The van der Waals surface area contributed by atoms with Gasteiger partial charge in [0, 0.05) is 18.5 Å². The van der Waals surface area contributed by atoms with Crippen molar-refractivity contribution < 1.29 is 13.2 Å². The lowest BCUT2D eigenvalue weighted by atomic mass is 9.95. The van der Waals surface area contributed by atoms with Crippen molar-refractivity contribution in [1.29, 1.82) is 0 Å². The molecular formula is C20H23N3O3S. The first kappa shape index (κ1) is 19.1. The fourth-order valence-electron chi connectivity index (χ4n) is 3.26. The predicted molar refractivity (Wildman–Crippen MR) is 107 cm³/mol. The van der Waals surface area contributed by atoms with E-state index < -0.39 is 10.0 Å². The summed E-state index contributed by atoms with van der Waals surface area (Å²) in [4.78, 5) is 12.5. The Morgan fingerprint density at radius 2 is 1.96 bits per heavy atom. The zero-order chi connectivity index (χ0) is 19.6. The maximum absolute atomic E-state index is 12.5. The number of benzene rings is 2. The van der Waals surface area contributed by atoms with Gasteiger partial charge in [0.2, 0.25) is 15.9 Å². The molecule has 1 atom stereocenters. The molecule has 3 rings (SSSR count). The molecule has 0 aromatic heterocycles. The number of hydrazone groups is 1. The third-order valence-electron chi connectivity index (χ3n) is 4.51. The van der Waals surface area contributed by atoms with E-state index in [1.165, 1.54) is 0 Å². The molecule has 7 heteroatoms. The minimum atomic E-state index is -3.36. The molecular weight excluding hydrogens is 362 g/mol. The summed E-state index contributed by atoms with van der Waals surface area (Å²) in [7, 11) is -3.36. The lowest BCUT2D eigenvalue weighted by Crippen LogP contribution is -2.26. The highest BCUT2D eigenvalue weighted by Gasteiger charge is 2.33. The van der Waals surface area contributed by atoms with E-state index in [0.717, 1.165) is 28.7 Å². The van der Waals surface area contributed by atoms with Crippen molar-refractivity contribution in [1.82, 2.24) is 5.01 Å². The molecule has 1 amide bonds. The van der Waals surface area contributed by atoms with Crippen molar-refractivity contribution in [3.63, 3.8) is 0 Å². The number of carbonyl (C=O) groups excluding carboxylic acids is 1. The standard InChI is InChI=1S/C20H23N3O3S/c1-4-20(24)23-19(17-11-6-5-8-14(17)2)13-18(21-23)15-9-7-10-16(12-15)22-27(3,25)26/h5-12,19,22H,4,13H2,1-3H3. The number of hydrogen-bond acceptors (Lipinski definition) is 4. The van der Waals surface area contributed by atoms with Crippen molar-refractivity contribution in [2.45, 2.75) is 32.7 Å². The number of anilines is 1. The molecule has 0 saturated heterocycles. The van der Waals surface area contributed by atoms with Crippen LogP contribution in [-0.2, 0) is 14.8 Å². The minimum Gasteiger partial charge on any atom is -0.284 e. The quantitative estimate of drug-likeness (QED) is 0.856. The van der Waals surface area contributed by atoms with Crippen LogP contribution in [0.1, 0.15) is 42.5 Å². The Labute approximate surface area is 159 Å². The van der Waals surface area contributed by atoms with Gasteiger partial charge in [-0.3, -0.25) is 9.52 Å². The smallest absolute Gasteiger partial charge is 0.242 e. The van der Waals surface area contributed by atoms with Gasteiger partial charge in [-0.1, -0.05) is 43.3 Å². The number of nitrogens with zero attached hydrogens (tertiary/aromatic N) is 2. The first-order valence-electron chi connectivity index (χ1n) is 8.82. The molecule has 2 aromatic rings. The second kappa shape index (κ2) is 7.52. The lowest BCUT2D eigenvalue weighted by Gasteiger charge is -2.23. The van der Waals surface area contributed by atoms with Crippen molar-refractivity contribution in [2.75, 3.05) is 11.0 Å². The van der Waals surface area contributed by atoms with Crippen LogP contribution in [0, 0.1) is 6.92 Å². The van der Waals surface area contributed by atoms with Gasteiger partial charge in [-0.25, -0.2) is 13.4 Å². The van der Waals surface area contributed by atoms with Crippen molar-refractivity contribution in [3.05, 3.63) is 65.2 Å². The third-order valence-corrected chi connectivity index (χ3v) is 5.12. The van der Waals surface area contributed by atoms with E-state index in [9.17, 15) is 13.2 Å². The summed E-state index contributed by atoms with van der Waals surface area (Å²) in [6.45, 7) is 3.85. The Morgan fingerprint density at radius 1 is 1.22 bits per heavy atom. The van der Waals surface area contributed by atoms with Crippen LogP contribution >= 0.6 is 0 Å². The molecule has 1 aliphatic heterocycles. The van der Waals surface area contributed by atoms with Crippen molar-refractivity contribution >= 4 is 27.3 Å². The highest BCUT2D eigenvalue weighted by Crippen LogP contribution is 2.35. The average Bonchev–Trinajstić information content (AvgIpc) is 3.05. The summed E-state index contributed by atoms with van der Waals surface area (Å²) in [6, 6.07) is 14.9. The third kappa shape index (κ3) is 4.36. The summed E-state index contributed by atoms with van der Waals surface area (Å²) >= 11 is 0. The van der Waals surface area contributed by atoms with E-state index in [0.29, 0.717) is 18.5 Å². The van der Waals surface area contributed by atoms with Gasteiger partial charge in [0.1, 0.15) is 0 Å². The van der Waals surface area contributed by atoms with Gasteiger partial charge >= 0.3 is 0 Å². The maximum Gasteiger partial charge on any atom is 0.242 e. The van der Waals surface area contributed by atoms with Crippen LogP contribution < -0.4 is 4.72 Å². The topological polar surface area (TPSA) is 78.8 Å². The van der Waals surface area contributed by atoms with Crippen molar-refractivity contribution in [2.24, 2.45) is 5.10 Å². The van der Waals surface area contributed by atoms with Gasteiger partial charge in [-0.05, 0) is 35.7 Å². The molecule has 0 fully saturated rings. The summed E-state index contributed by atoms with van der Waals surface area (Å²) in [5, 5.41) is 6.15. The van der Waals surface area contributed by atoms with E-state index >= 15 is 0 Å². The van der Waals surface area contributed by atoms with E-state index in [1.807, 2.05) is 44.2 Å². The molecule has 1 aliphatic rings. The van der Waals surface area contributed by atoms with Crippen LogP contribution in [0.5, 0.6) is 0 Å². The SMILES string of the molecule is CCC(=O)N1N=C(c2cccc(NS(C)(=O)=O)c2)CC1c1ccccc1C. The second-order valence-electron chi connectivity index (χ2n) is 6.67. The first-order chi connectivity index (χ1) is 12.8. The molecule has 1 heterocycles. The molecule has 1 N–H and O–H groups in total. The van der Waals surface area contributed by atoms with Gasteiger partial charge in [0.25, 0.3) is 0 Å². The number of rotatable bonds is 5. The monoisotopic (exact) mass is 385 g/mol. The minimum absolute atomic E-state index is 0.0383. The van der Waals surface area contributed by atoms with Crippen LogP contribution in [0.25, 0.3) is 0 Å². The highest BCUT2D eigenvalue weighted by atomic mass is 32.2. The molecule has 6 nitrogen and oxygen atoms in total. The largest absolute Gasteiger partial charge is 0.284 e.